The van der Waals surface area contributed by atoms with Gasteiger partial charge in [0.05, 0.1) is 30.2 Å². The van der Waals surface area contributed by atoms with E-state index in [2.05, 4.69) is 0 Å². The van der Waals surface area contributed by atoms with Crippen LogP contribution in [0, 0.1) is 16.0 Å². The van der Waals surface area contributed by atoms with E-state index >= 15 is 0 Å². The molecule has 0 spiro atoms. The summed E-state index contributed by atoms with van der Waals surface area (Å²) in [5, 5.41) is 10.7. The van der Waals surface area contributed by atoms with Gasteiger partial charge in [-0.25, -0.2) is 0 Å². The molecule has 0 unspecified atom stereocenters. The van der Waals surface area contributed by atoms with Crippen molar-refractivity contribution in [3.63, 3.8) is 0 Å². The number of hydrogen-bond donors (Lipinski definition) is 0. The van der Waals surface area contributed by atoms with Gasteiger partial charge in [0.1, 0.15) is 0 Å². The molecule has 0 N–H and O–H groups in total. The van der Waals surface area contributed by atoms with Gasteiger partial charge in [-0.1, -0.05) is 12.1 Å². The van der Waals surface area contributed by atoms with Crippen LogP contribution in [-0.2, 0) is 14.3 Å². The van der Waals surface area contributed by atoms with Crippen LogP contribution in [0.25, 0.3) is 0 Å². The third-order valence-electron chi connectivity index (χ3n) is 4.50. The lowest BCUT2D eigenvalue weighted by Crippen LogP contribution is -2.39. The Balaban J connectivity index is 1.90. The lowest BCUT2D eigenvalue weighted by Gasteiger charge is -2.35. The predicted octanol–water partition coefficient (Wildman–Crippen LogP) is 2.42. The zero-order chi connectivity index (χ0) is 15.0. The second-order valence-corrected chi connectivity index (χ2v) is 5.61. The number of esters is 1. The Morgan fingerprint density at radius 3 is 2.67 bits per heavy atom. The SMILES string of the molecule is COC(=O)[C@H]1[C@@H](c2ccc([N+](=O)[O-])cc2)C[C@@H]2CC[C@H]1O2. The normalized spacial score (nSPS) is 30.9. The molecule has 0 saturated carbocycles. The minimum atomic E-state index is -0.421. The highest BCUT2D eigenvalue weighted by molar-refractivity contribution is 5.74. The van der Waals surface area contributed by atoms with Gasteiger partial charge in [-0.05, 0) is 24.8 Å². The van der Waals surface area contributed by atoms with Gasteiger partial charge in [0.25, 0.3) is 5.69 Å². The van der Waals surface area contributed by atoms with E-state index in [0.29, 0.717) is 0 Å². The Hall–Kier alpha value is -1.95. The third-order valence-corrected chi connectivity index (χ3v) is 4.50. The van der Waals surface area contributed by atoms with Gasteiger partial charge < -0.3 is 9.47 Å². The van der Waals surface area contributed by atoms with Gasteiger partial charge in [0.2, 0.25) is 0 Å². The van der Waals surface area contributed by atoms with Crippen molar-refractivity contribution in [3.8, 4) is 0 Å². The average molecular weight is 291 g/mol. The molecule has 2 bridgehead atoms. The summed E-state index contributed by atoms with van der Waals surface area (Å²) in [6.45, 7) is 0. The number of hydrogen-bond acceptors (Lipinski definition) is 5. The summed E-state index contributed by atoms with van der Waals surface area (Å²) in [5.41, 5.74) is 1.000. The van der Waals surface area contributed by atoms with Crippen molar-refractivity contribution in [2.24, 2.45) is 5.92 Å². The van der Waals surface area contributed by atoms with Crippen molar-refractivity contribution in [2.75, 3.05) is 7.11 Å². The molecule has 0 radical (unpaired) electrons. The number of nitro benzene ring substituents is 1. The number of rotatable bonds is 3. The number of nitrogens with zero attached hydrogens (tertiary/aromatic N) is 1. The topological polar surface area (TPSA) is 78.7 Å². The maximum Gasteiger partial charge on any atom is 0.311 e. The van der Waals surface area contributed by atoms with Gasteiger partial charge in [0, 0.05) is 18.1 Å². The molecule has 3 rings (SSSR count). The Morgan fingerprint density at radius 1 is 1.33 bits per heavy atom. The molecule has 4 atom stereocenters. The molecule has 21 heavy (non-hydrogen) atoms. The van der Waals surface area contributed by atoms with Crippen molar-refractivity contribution in [1.82, 2.24) is 0 Å². The second kappa shape index (κ2) is 5.44. The van der Waals surface area contributed by atoms with Crippen molar-refractivity contribution in [3.05, 3.63) is 39.9 Å². The van der Waals surface area contributed by atoms with Crippen LogP contribution in [0.4, 0.5) is 5.69 Å². The van der Waals surface area contributed by atoms with Crippen molar-refractivity contribution >= 4 is 11.7 Å². The van der Waals surface area contributed by atoms with Gasteiger partial charge in [-0.15, -0.1) is 0 Å². The second-order valence-electron chi connectivity index (χ2n) is 5.61. The first kappa shape index (κ1) is 14.0. The molecule has 1 aromatic carbocycles. The van der Waals surface area contributed by atoms with Crippen molar-refractivity contribution in [2.45, 2.75) is 37.4 Å². The van der Waals surface area contributed by atoms with E-state index < -0.39 is 4.92 Å². The predicted molar refractivity (Wildman–Crippen MR) is 73.9 cm³/mol. The average Bonchev–Trinajstić information content (AvgIpc) is 2.88. The molecule has 2 fully saturated rings. The Morgan fingerprint density at radius 2 is 2.05 bits per heavy atom. The van der Waals surface area contributed by atoms with Crippen LogP contribution in [0.5, 0.6) is 0 Å². The number of ether oxygens (including phenoxy) is 2. The number of carbonyl (C=O) groups is 1. The van der Waals surface area contributed by atoms with Crippen LogP contribution in [0.3, 0.4) is 0 Å². The van der Waals surface area contributed by atoms with Crippen molar-refractivity contribution in [1.29, 1.82) is 0 Å². The van der Waals surface area contributed by atoms with E-state index in [9.17, 15) is 14.9 Å². The monoisotopic (exact) mass is 291 g/mol. The minimum absolute atomic E-state index is 0.00417. The van der Waals surface area contributed by atoms with E-state index in [4.69, 9.17) is 9.47 Å². The fourth-order valence-electron chi connectivity index (χ4n) is 3.50. The molecule has 112 valence electrons. The highest BCUT2D eigenvalue weighted by Gasteiger charge is 2.47. The van der Waals surface area contributed by atoms with E-state index in [0.717, 1.165) is 24.8 Å². The maximum absolute atomic E-state index is 12.1. The summed E-state index contributed by atoms with van der Waals surface area (Å²) in [5.74, 6) is -0.580. The molecular formula is C15H17NO5. The van der Waals surface area contributed by atoms with Crippen molar-refractivity contribution < 1.29 is 19.2 Å². The highest BCUT2D eigenvalue weighted by atomic mass is 16.6. The Kier molecular flexibility index (Phi) is 3.63. The number of methoxy groups -OCH3 is 1. The largest absolute Gasteiger partial charge is 0.469 e. The van der Waals surface area contributed by atoms with Gasteiger partial charge in [-0.3, -0.25) is 14.9 Å². The smallest absolute Gasteiger partial charge is 0.311 e. The van der Waals surface area contributed by atoms with Crippen LogP contribution in [0.15, 0.2) is 24.3 Å². The molecule has 6 heteroatoms. The lowest BCUT2D eigenvalue weighted by molar-refractivity contribution is -0.384. The quantitative estimate of drug-likeness (QED) is 0.485. The molecule has 2 heterocycles. The van der Waals surface area contributed by atoms with Gasteiger partial charge in [-0.2, -0.15) is 0 Å². The molecule has 6 nitrogen and oxygen atoms in total. The van der Waals surface area contributed by atoms with E-state index in [1.54, 1.807) is 12.1 Å². The molecule has 0 aromatic heterocycles. The summed E-state index contributed by atoms with van der Waals surface area (Å²) >= 11 is 0. The summed E-state index contributed by atoms with van der Waals surface area (Å²) in [7, 11) is 1.39. The molecule has 0 aliphatic carbocycles. The molecule has 0 amide bonds. The van der Waals surface area contributed by atoms with Gasteiger partial charge in [0.15, 0.2) is 0 Å². The summed E-state index contributed by atoms with van der Waals surface area (Å²) < 4.78 is 10.8. The number of carbonyl (C=O) groups excluding carboxylic acids is 1. The Labute approximate surface area is 122 Å². The van der Waals surface area contributed by atoms with E-state index in [1.807, 2.05) is 0 Å². The van der Waals surface area contributed by atoms with Crippen LogP contribution in [0.2, 0.25) is 0 Å². The molecule has 2 aliphatic rings. The zero-order valence-electron chi connectivity index (χ0n) is 11.7. The minimum Gasteiger partial charge on any atom is -0.469 e. The fourth-order valence-corrected chi connectivity index (χ4v) is 3.50. The van der Waals surface area contributed by atoms with E-state index in [-0.39, 0.29) is 35.7 Å². The third kappa shape index (κ3) is 2.51. The molecular weight excluding hydrogens is 274 g/mol. The van der Waals surface area contributed by atoms with Crippen LogP contribution in [-0.4, -0.2) is 30.2 Å². The highest BCUT2D eigenvalue weighted by Crippen LogP contribution is 2.45. The fraction of sp³-hybridized carbons (Fsp3) is 0.533. The maximum atomic E-state index is 12.1. The van der Waals surface area contributed by atoms with E-state index in [1.165, 1.54) is 19.2 Å². The lowest BCUT2D eigenvalue weighted by atomic mass is 9.79. The van der Waals surface area contributed by atoms with Crippen LogP contribution >= 0.6 is 0 Å². The molecule has 2 saturated heterocycles. The first-order valence-electron chi connectivity index (χ1n) is 7.08. The van der Waals surface area contributed by atoms with Gasteiger partial charge >= 0.3 is 5.97 Å². The number of fused-ring (bicyclic) bond motifs is 2. The van der Waals surface area contributed by atoms with Crippen LogP contribution < -0.4 is 0 Å². The summed E-state index contributed by atoms with van der Waals surface area (Å²) in [6.07, 6.45) is 2.66. The van der Waals surface area contributed by atoms with Crippen LogP contribution in [0.1, 0.15) is 30.7 Å². The number of non-ortho nitro benzene ring substituents is 1. The molecule has 2 aliphatic heterocycles. The number of benzene rings is 1. The summed E-state index contributed by atoms with van der Waals surface area (Å²) in [4.78, 5) is 22.4. The number of nitro groups is 1. The first-order valence-corrected chi connectivity index (χ1v) is 7.08. The first-order chi connectivity index (χ1) is 10.1. The molecule has 1 aromatic rings. The summed E-state index contributed by atoms with van der Waals surface area (Å²) in [6, 6.07) is 6.45. The standard InChI is InChI=1S/C15H17NO5/c1-20-15(17)14-12(8-11-6-7-13(14)21-11)9-2-4-10(5-3-9)16(18)19/h2-5,11-14H,6-8H2,1H3/t11-,12+,13+,14-/m0/s1. The zero-order valence-corrected chi connectivity index (χ0v) is 11.7. The Bertz CT molecular complexity index is 556.